The summed E-state index contributed by atoms with van der Waals surface area (Å²) in [5.41, 5.74) is 9.07. The third-order valence-corrected chi connectivity index (χ3v) is 13.5. The van der Waals surface area contributed by atoms with E-state index in [0.717, 1.165) is 50.5 Å². The first-order chi connectivity index (χ1) is 28.8. The molecular weight excluding hydrogens is 781 g/mol. The van der Waals surface area contributed by atoms with E-state index in [9.17, 15) is 14.4 Å². The van der Waals surface area contributed by atoms with Gasteiger partial charge >= 0.3 is 5.97 Å². The summed E-state index contributed by atoms with van der Waals surface area (Å²) < 4.78 is 22.7. The summed E-state index contributed by atoms with van der Waals surface area (Å²) in [5.74, 6) is 0.0964. The highest BCUT2D eigenvalue weighted by Gasteiger charge is 2.50. The molecule has 7 atom stereocenters. The summed E-state index contributed by atoms with van der Waals surface area (Å²) in [6.07, 6.45) is 6.01. The number of carbonyl (C=O) groups is 3. The number of rotatable bonds is 9. The quantitative estimate of drug-likeness (QED) is 0.160. The number of thiazole rings is 1. The number of nitrogens with one attached hydrogen (secondary N) is 2. The normalized spacial score (nSPS) is 24.8. The molecule has 1 aliphatic carbocycles. The van der Waals surface area contributed by atoms with Crippen LogP contribution in [-0.4, -0.2) is 85.8 Å². The van der Waals surface area contributed by atoms with Crippen LogP contribution in [0.25, 0.3) is 33.4 Å². The summed E-state index contributed by atoms with van der Waals surface area (Å²) in [7, 11) is 3.69. The van der Waals surface area contributed by atoms with Crippen molar-refractivity contribution in [2.45, 2.75) is 91.6 Å². The molecule has 0 spiro atoms. The van der Waals surface area contributed by atoms with Crippen molar-refractivity contribution in [3.63, 3.8) is 0 Å². The minimum atomic E-state index is -1.09. The molecule has 318 valence electrons. The van der Waals surface area contributed by atoms with Crippen LogP contribution in [0.5, 0.6) is 0 Å². The van der Waals surface area contributed by atoms with E-state index in [1.54, 1.807) is 13.3 Å². The lowest BCUT2D eigenvalue weighted by Gasteiger charge is -2.37. The molecule has 15 heteroatoms. The SMILES string of the molecule is CCO[C@@H]1c2nc(cs2)-c2ccc3c(c2)c(c(-c2cccnc2[C@H](C)OC)n3Cc2nccn2C)CC(C)(C)COC(=O)[C@@H]2CCCN(N2)C(=O)[C@H]1NC(=O)[C@H]1[C@H](C)[C@@H]1C. The Bertz CT molecular complexity index is 2390. The van der Waals surface area contributed by atoms with Crippen LogP contribution in [0.1, 0.15) is 88.7 Å². The third kappa shape index (κ3) is 7.99. The van der Waals surface area contributed by atoms with E-state index >= 15 is 0 Å². The van der Waals surface area contributed by atoms with Crippen LogP contribution in [-0.2, 0) is 48.6 Å². The molecule has 2 N–H and O–H groups in total. The van der Waals surface area contributed by atoms with Crippen LogP contribution in [0.4, 0.5) is 0 Å². The van der Waals surface area contributed by atoms with Gasteiger partial charge in [-0.25, -0.2) is 15.4 Å². The number of ether oxygens (including phenoxy) is 3. The highest BCUT2D eigenvalue weighted by Crippen LogP contribution is 2.46. The summed E-state index contributed by atoms with van der Waals surface area (Å²) in [5, 5.41) is 8.12. The van der Waals surface area contributed by atoms with Crippen LogP contribution in [0, 0.1) is 23.2 Å². The number of methoxy groups -OCH3 is 1. The summed E-state index contributed by atoms with van der Waals surface area (Å²) >= 11 is 1.40. The first-order valence-corrected chi connectivity index (χ1v) is 21.9. The number of cyclic esters (lactones) is 1. The molecule has 1 saturated carbocycles. The molecule has 1 saturated heterocycles. The Morgan fingerprint density at radius 1 is 1.15 bits per heavy atom. The molecule has 2 amide bonds. The maximum Gasteiger partial charge on any atom is 0.324 e. The number of imidazole rings is 1. The largest absolute Gasteiger partial charge is 0.464 e. The van der Waals surface area contributed by atoms with Crippen molar-refractivity contribution in [1.29, 1.82) is 0 Å². The predicted molar refractivity (Wildman–Crippen MR) is 228 cm³/mol. The van der Waals surface area contributed by atoms with Gasteiger partial charge in [-0.3, -0.25) is 24.4 Å². The van der Waals surface area contributed by atoms with E-state index in [2.05, 4.69) is 53.4 Å². The second-order valence-electron chi connectivity index (χ2n) is 17.4. The smallest absolute Gasteiger partial charge is 0.324 e. The lowest BCUT2D eigenvalue weighted by atomic mass is 9.84. The number of aromatic nitrogens is 5. The summed E-state index contributed by atoms with van der Waals surface area (Å²) in [6, 6.07) is 8.60. The summed E-state index contributed by atoms with van der Waals surface area (Å²) in [6.45, 7) is 13.4. The topological polar surface area (TPSA) is 155 Å². The number of fused-ring (bicyclic) bond motifs is 6. The van der Waals surface area contributed by atoms with Crippen molar-refractivity contribution >= 4 is 40.0 Å². The van der Waals surface area contributed by atoms with Crippen molar-refractivity contribution in [2.75, 3.05) is 26.9 Å². The molecular formula is C45H56N8O6S. The number of amides is 2. The van der Waals surface area contributed by atoms with E-state index in [0.29, 0.717) is 37.4 Å². The standard InChI is InChI=1S/C45H56N8O6S/c1-9-58-40-38(49-41(54)36-25(2)26(36)3)43(55)53-18-11-13-32(50-53)44(56)59-24-45(5,6)21-31-30-20-28(33-23-60-42(40)48-33)14-15-34(30)52(22-35-46-17-19-51(35)7)39(31)29-12-10-16-47-37(29)27(4)57-8/h10,12,14-17,19-20,23,25-27,32,36,38,40,50H,9,11,13,18,21-22,24H2,1-8H3,(H,49,54)/t25-,26+,27-,32-,36+,38-,40-/m0/s1. The van der Waals surface area contributed by atoms with Gasteiger partial charge in [-0.15, -0.1) is 11.3 Å². The van der Waals surface area contributed by atoms with Gasteiger partial charge in [-0.2, -0.15) is 0 Å². The van der Waals surface area contributed by atoms with Crippen LogP contribution in [0.3, 0.4) is 0 Å². The lowest BCUT2D eigenvalue weighted by molar-refractivity contribution is -0.156. The van der Waals surface area contributed by atoms with Gasteiger partial charge in [-0.1, -0.05) is 33.8 Å². The number of hydrogen-bond donors (Lipinski definition) is 2. The van der Waals surface area contributed by atoms with Crippen molar-refractivity contribution in [3.05, 3.63) is 76.4 Å². The molecule has 4 aromatic heterocycles. The fraction of sp³-hybridized carbons (Fsp3) is 0.511. The van der Waals surface area contributed by atoms with Gasteiger partial charge in [0.2, 0.25) is 5.91 Å². The van der Waals surface area contributed by atoms with Crippen LogP contribution in [0.2, 0.25) is 0 Å². The zero-order valence-electron chi connectivity index (χ0n) is 35.7. The first-order valence-electron chi connectivity index (χ1n) is 21.0. The second kappa shape index (κ2) is 16.8. The van der Waals surface area contributed by atoms with E-state index in [1.165, 1.54) is 16.3 Å². The minimum Gasteiger partial charge on any atom is -0.464 e. The van der Waals surface area contributed by atoms with Crippen molar-refractivity contribution in [2.24, 2.45) is 30.2 Å². The van der Waals surface area contributed by atoms with Gasteiger partial charge in [0.15, 0.2) is 0 Å². The molecule has 3 aliphatic rings. The number of pyridine rings is 1. The summed E-state index contributed by atoms with van der Waals surface area (Å²) in [4.78, 5) is 57.0. The lowest BCUT2D eigenvalue weighted by Crippen LogP contribution is -2.61. The molecule has 6 heterocycles. The molecule has 0 radical (unpaired) electrons. The zero-order valence-corrected chi connectivity index (χ0v) is 36.5. The average Bonchev–Trinajstić information content (AvgIpc) is 3.65. The van der Waals surface area contributed by atoms with E-state index in [-0.39, 0.29) is 48.9 Å². The van der Waals surface area contributed by atoms with Gasteiger partial charge in [-0.05, 0) is 74.8 Å². The van der Waals surface area contributed by atoms with Gasteiger partial charge in [0, 0.05) is 84.6 Å². The number of hydrazine groups is 1. The van der Waals surface area contributed by atoms with Gasteiger partial charge in [0.1, 0.15) is 29.0 Å². The Labute approximate surface area is 355 Å². The number of nitrogens with zero attached hydrogens (tertiary/aromatic N) is 6. The Balaban J connectivity index is 1.32. The van der Waals surface area contributed by atoms with Crippen molar-refractivity contribution < 1.29 is 28.6 Å². The molecule has 60 heavy (non-hydrogen) atoms. The Morgan fingerprint density at radius 2 is 1.95 bits per heavy atom. The van der Waals surface area contributed by atoms with Crippen LogP contribution in [0.15, 0.2) is 54.3 Å². The Hall–Kier alpha value is -4.96. The monoisotopic (exact) mass is 836 g/mol. The molecule has 5 aromatic rings. The molecule has 2 fully saturated rings. The molecule has 14 nitrogen and oxygen atoms in total. The molecule has 1 aromatic carbocycles. The average molecular weight is 837 g/mol. The van der Waals surface area contributed by atoms with Crippen molar-refractivity contribution in [1.82, 2.24) is 39.8 Å². The minimum absolute atomic E-state index is 0.135. The predicted octanol–water partition coefficient (Wildman–Crippen LogP) is 6.40. The highest BCUT2D eigenvalue weighted by atomic mass is 32.1. The Morgan fingerprint density at radius 3 is 2.67 bits per heavy atom. The van der Waals surface area contributed by atoms with Gasteiger partial charge in [0.25, 0.3) is 5.91 Å². The van der Waals surface area contributed by atoms with Gasteiger partial charge in [0.05, 0.1) is 36.3 Å². The third-order valence-electron chi connectivity index (χ3n) is 12.6. The zero-order chi connectivity index (χ0) is 42.5. The van der Waals surface area contributed by atoms with Gasteiger partial charge < -0.3 is 28.7 Å². The number of esters is 1. The number of hydrogen-bond acceptors (Lipinski definition) is 11. The van der Waals surface area contributed by atoms with Crippen molar-refractivity contribution in [3.8, 4) is 22.5 Å². The fourth-order valence-corrected chi connectivity index (χ4v) is 9.77. The van der Waals surface area contributed by atoms with E-state index in [1.807, 2.05) is 63.1 Å². The Kier molecular flexibility index (Phi) is 11.7. The number of benzene rings is 1. The first kappa shape index (κ1) is 41.8. The molecule has 2 aliphatic heterocycles. The molecule has 6 bridgehead atoms. The number of carbonyl (C=O) groups excluding carboxylic acids is 3. The molecule has 8 rings (SSSR count). The maximum absolute atomic E-state index is 14.6. The fourth-order valence-electron chi connectivity index (χ4n) is 8.85. The maximum atomic E-state index is 14.6. The van der Waals surface area contributed by atoms with Crippen LogP contribution >= 0.6 is 11.3 Å². The van der Waals surface area contributed by atoms with E-state index < -0.39 is 29.6 Å². The second-order valence-corrected chi connectivity index (χ2v) is 18.2. The number of aryl methyl sites for hydroxylation is 1. The highest BCUT2D eigenvalue weighted by molar-refractivity contribution is 7.10. The van der Waals surface area contributed by atoms with Crippen LogP contribution < -0.4 is 10.7 Å². The molecule has 0 unspecified atom stereocenters. The van der Waals surface area contributed by atoms with E-state index in [4.69, 9.17) is 29.2 Å².